The normalized spacial score (nSPS) is 12.2. The van der Waals surface area contributed by atoms with Gasteiger partial charge in [-0.1, -0.05) is 35.9 Å². The summed E-state index contributed by atoms with van der Waals surface area (Å²) in [6, 6.07) is 14.3. The van der Waals surface area contributed by atoms with Gasteiger partial charge in [0.15, 0.2) is 15.9 Å². The molecule has 0 spiro atoms. The lowest BCUT2D eigenvalue weighted by Gasteiger charge is -2.14. The van der Waals surface area contributed by atoms with Crippen molar-refractivity contribution in [2.45, 2.75) is 30.6 Å². The molecule has 0 bridgehead atoms. The smallest absolute Gasteiger partial charge is 0.375 e. The lowest BCUT2D eigenvalue weighted by atomic mass is 10.2. The second kappa shape index (κ2) is 9.36. The van der Waals surface area contributed by atoms with Gasteiger partial charge in [-0.15, -0.1) is 0 Å². The quantitative estimate of drug-likeness (QED) is 0.523. The van der Waals surface area contributed by atoms with Crippen LogP contribution < -0.4 is 5.32 Å². The molecule has 0 saturated heterocycles. The molecular formula is C22H20ClNO6S. The number of esters is 1. The number of ether oxygens (including phenoxy) is 1. The van der Waals surface area contributed by atoms with Crippen LogP contribution in [0.1, 0.15) is 28.6 Å². The number of carbonyl (C=O) groups excluding carboxylic acids is 2. The van der Waals surface area contributed by atoms with E-state index < -0.39 is 33.6 Å². The predicted octanol–water partition coefficient (Wildman–Crippen LogP) is 4.40. The lowest BCUT2D eigenvalue weighted by molar-refractivity contribution is -0.123. The molecule has 0 radical (unpaired) electrons. The molecule has 1 heterocycles. The monoisotopic (exact) mass is 461 g/mol. The molecule has 9 heteroatoms. The number of benzene rings is 2. The van der Waals surface area contributed by atoms with Crippen LogP contribution in [-0.2, 0) is 25.1 Å². The van der Waals surface area contributed by atoms with Crippen molar-refractivity contribution >= 4 is 39.0 Å². The van der Waals surface area contributed by atoms with Gasteiger partial charge in [-0.05, 0) is 49.7 Å². The maximum Gasteiger partial charge on any atom is 0.375 e. The molecule has 3 rings (SSSR count). The molecule has 0 fully saturated rings. The first-order valence-corrected chi connectivity index (χ1v) is 11.3. The summed E-state index contributed by atoms with van der Waals surface area (Å²) in [6.45, 7) is 3.20. The third-order valence-corrected chi connectivity index (χ3v) is 6.41. The third-order valence-electron chi connectivity index (χ3n) is 4.49. The number of halogens is 1. The van der Waals surface area contributed by atoms with Crippen LogP contribution in [-0.4, -0.2) is 26.4 Å². The highest BCUT2D eigenvalue weighted by Gasteiger charge is 2.26. The van der Waals surface area contributed by atoms with Gasteiger partial charge < -0.3 is 14.5 Å². The van der Waals surface area contributed by atoms with Crippen molar-refractivity contribution in [2.75, 3.05) is 5.32 Å². The van der Waals surface area contributed by atoms with Crippen LogP contribution in [0.3, 0.4) is 0 Å². The molecule has 0 saturated carbocycles. The van der Waals surface area contributed by atoms with Crippen molar-refractivity contribution in [3.8, 4) is 0 Å². The Balaban J connectivity index is 1.69. The molecule has 1 unspecified atom stereocenters. The van der Waals surface area contributed by atoms with Crippen molar-refractivity contribution in [3.05, 3.63) is 82.8 Å². The summed E-state index contributed by atoms with van der Waals surface area (Å²) in [5.41, 5.74) is 1.43. The molecular weight excluding hydrogens is 442 g/mol. The maximum absolute atomic E-state index is 12.6. The summed E-state index contributed by atoms with van der Waals surface area (Å²) in [6.07, 6.45) is 0.0431. The van der Waals surface area contributed by atoms with E-state index in [0.29, 0.717) is 10.7 Å². The Morgan fingerprint density at radius 2 is 1.84 bits per heavy atom. The molecule has 0 aliphatic carbocycles. The summed E-state index contributed by atoms with van der Waals surface area (Å²) >= 11 is 5.95. The van der Waals surface area contributed by atoms with Gasteiger partial charge in [-0.3, -0.25) is 4.79 Å². The fourth-order valence-electron chi connectivity index (χ4n) is 2.78. The van der Waals surface area contributed by atoms with Gasteiger partial charge >= 0.3 is 5.97 Å². The summed E-state index contributed by atoms with van der Waals surface area (Å²) in [5, 5.41) is 3.10. The number of carbonyl (C=O) groups is 2. The van der Waals surface area contributed by atoms with E-state index >= 15 is 0 Å². The molecule has 1 N–H and O–H groups in total. The number of sulfone groups is 1. The van der Waals surface area contributed by atoms with E-state index in [4.69, 9.17) is 20.8 Å². The van der Waals surface area contributed by atoms with Gasteiger partial charge in [0.1, 0.15) is 0 Å². The molecule has 31 heavy (non-hydrogen) atoms. The van der Waals surface area contributed by atoms with Gasteiger partial charge in [-0.2, -0.15) is 0 Å². The van der Waals surface area contributed by atoms with Crippen LogP contribution in [0, 0.1) is 6.92 Å². The van der Waals surface area contributed by atoms with Crippen LogP contribution in [0.15, 0.2) is 70.2 Å². The van der Waals surface area contributed by atoms with E-state index in [1.165, 1.54) is 31.4 Å². The lowest BCUT2D eigenvalue weighted by Crippen LogP contribution is -2.30. The van der Waals surface area contributed by atoms with E-state index in [0.717, 1.165) is 5.56 Å². The summed E-state index contributed by atoms with van der Waals surface area (Å²) in [5.74, 6) is -2.21. The van der Waals surface area contributed by atoms with Crippen LogP contribution in [0.5, 0.6) is 0 Å². The first kappa shape index (κ1) is 22.6. The van der Waals surface area contributed by atoms with Gasteiger partial charge in [0, 0.05) is 16.3 Å². The summed E-state index contributed by atoms with van der Waals surface area (Å²) in [4.78, 5) is 25.1. The predicted molar refractivity (Wildman–Crippen MR) is 116 cm³/mol. The standard InChI is InChI=1S/C22H20ClNO6S/c1-14-8-9-17(23)12-19(14)24-21(25)15(2)30-22(26)20-16(10-11-29-20)13-31(27,28)18-6-4-3-5-7-18/h3-12,15H,13H2,1-2H3,(H,24,25). The van der Waals surface area contributed by atoms with E-state index in [2.05, 4.69) is 5.32 Å². The van der Waals surface area contributed by atoms with Gasteiger partial charge in [-0.25, -0.2) is 13.2 Å². The van der Waals surface area contributed by atoms with Crippen molar-refractivity contribution in [2.24, 2.45) is 0 Å². The highest BCUT2D eigenvalue weighted by molar-refractivity contribution is 7.90. The third kappa shape index (κ3) is 5.53. The van der Waals surface area contributed by atoms with E-state index in [-0.39, 0.29) is 16.2 Å². The van der Waals surface area contributed by atoms with Crippen LogP contribution in [0.25, 0.3) is 0 Å². The number of amides is 1. The molecule has 0 aliphatic rings. The summed E-state index contributed by atoms with van der Waals surface area (Å²) < 4.78 is 35.5. The minimum atomic E-state index is -3.69. The first-order valence-electron chi connectivity index (χ1n) is 9.29. The molecule has 162 valence electrons. The molecule has 1 amide bonds. The highest BCUT2D eigenvalue weighted by Crippen LogP contribution is 2.22. The van der Waals surface area contributed by atoms with Crippen molar-refractivity contribution < 1.29 is 27.2 Å². The van der Waals surface area contributed by atoms with E-state index in [1.807, 2.05) is 0 Å². The van der Waals surface area contributed by atoms with Gasteiger partial charge in [0.05, 0.1) is 16.9 Å². The first-order chi connectivity index (χ1) is 14.7. The topological polar surface area (TPSA) is 103 Å². The fraction of sp³-hybridized carbons (Fsp3) is 0.182. The Morgan fingerprint density at radius 1 is 1.13 bits per heavy atom. The number of hydrogen-bond donors (Lipinski definition) is 1. The van der Waals surface area contributed by atoms with Crippen LogP contribution >= 0.6 is 11.6 Å². The maximum atomic E-state index is 12.6. The number of furan rings is 1. The number of rotatable bonds is 7. The molecule has 1 aromatic heterocycles. The number of anilines is 1. The number of aryl methyl sites for hydroxylation is 1. The van der Waals surface area contributed by atoms with Gasteiger partial charge in [0.2, 0.25) is 5.76 Å². The largest absolute Gasteiger partial charge is 0.457 e. The Kier molecular flexibility index (Phi) is 6.82. The van der Waals surface area contributed by atoms with Crippen LogP contribution in [0.4, 0.5) is 5.69 Å². The zero-order valence-corrected chi connectivity index (χ0v) is 18.4. The Morgan fingerprint density at radius 3 is 2.55 bits per heavy atom. The fourth-order valence-corrected chi connectivity index (χ4v) is 4.32. The number of hydrogen-bond acceptors (Lipinski definition) is 6. The second-order valence-corrected chi connectivity index (χ2v) is 9.27. The molecule has 2 aromatic carbocycles. The minimum Gasteiger partial charge on any atom is -0.457 e. The Bertz CT molecular complexity index is 1200. The second-order valence-electron chi connectivity index (χ2n) is 6.84. The van der Waals surface area contributed by atoms with Crippen molar-refractivity contribution in [3.63, 3.8) is 0 Å². The van der Waals surface area contributed by atoms with E-state index in [9.17, 15) is 18.0 Å². The number of nitrogens with one attached hydrogen (secondary N) is 1. The molecule has 1 atom stereocenters. The SMILES string of the molecule is Cc1ccc(Cl)cc1NC(=O)C(C)OC(=O)c1occc1CS(=O)(=O)c1ccccc1. The van der Waals surface area contributed by atoms with Crippen LogP contribution in [0.2, 0.25) is 5.02 Å². The minimum absolute atomic E-state index is 0.125. The average Bonchev–Trinajstić information content (AvgIpc) is 3.18. The Hall–Kier alpha value is -3.10. The molecule has 7 nitrogen and oxygen atoms in total. The summed E-state index contributed by atoms with van der Waals surface area (Å²) in [7, 11) is -3.69. The zero-order valence-electron chi connectivity index (χ0n) is 16.8. The van der Waals surface area contributed by atoms with Crippen molar-refractivity contribution in [1.29, 1.82) is 0 Å². The molecule has 0 aliphatic heterocycles. The van der Waals surface area contributed by atoms with Crippen molar-refractivity contribution in [1.82, 2.24) is 0 Å². The van der Waals surface area contributed by atoms with E-state index in [1.54, 1.807) is 43.3 Å². The zero-order chi connectivity index (χ0) is 22.6. The average molecular weight is 462 g/mol. The molecule has 3 aromatic rings. The van der Waals surface area contributed by atoms with Gasteiger partial charge in [0.25, 0.3) is 5.91 Å². The highest BCUT2D eigenvalue weighted by atomic mass is 35.5. The Labute approximate surface area is 184 Å².